The molecule has 0 aliphatic carbocycles. The standard InChI is InChI=1S/C16H23FN2O2S/c1-22-12-7-15(20)16(21)19-9-2-8-18(10-11-19)14-5-3-13(17)4-6-14/h3-6,15,20H,2,7-12H2,1H3/t15-/m0/s1. The number of carbonyl (C=O) groups excluding carboxylic acids is 1. The van der Waals surface area contributed by atoms with Crippen molar-refractivity contribution in [2.75, 3.05) is 43.1 Å². The minimum atomic E-state index is -0.898. The summed E-state index contributed by atoms with van der Waals surface area (Å²) < 4.78 is 13.0. The van der Waals surface area contributed by atoms with E-state index in [2.05, 4.69) is 4.90 Å². The number of hydrogen-bond donors (Lipinski definition) is 1. The molecule has 22 heavy (non-hydrogen) atoms. The fraction of sp³-hybridized carbons (Fsp3) is 0.562. The lowest BCUT2D eigenvalue weighted by molar-refractivity contribution is -0.140. The van der Waals surface area contributed by atoms with Crippen LogP contribution in [-0.4, -0.2) is 60.2 Å². The molecule has 1 aromatic rings. The number of aliphatic hydroxyl groups excluding tert-OH is 1. The first-order valence-electron chi connectivity index (χ1n) is 7.58. The van der Waals surface area contributed by atoms with Crippen LogP contribution < -0.4 is 4.90 Å². The van der Waals surface area contributed by atoms with Crippen molar-refractivity contribution < 1.29 is 14.3 Å². The van der Waals surface area contributed by atoms with Gasteiger partial charge in [-0.3, -0.25) is 4.79 Å². The highest BCUT2D eigenvalue weighted by Crippen LogP contribution is 2.17. The molecule has 0 spiro atoms. The molecule has 4 nitrogen and oxygen atoms in total. The Morgan fingerprint density at radius 2 is 2.00 bits per heavy atom. The van der Waals surface area contributed by atoms with Crippen LogP contribution in [0.3, 0.4) is 0 Å². The third kappa shape index (κ3) is 4.61. The van der Waals surface area contributed by atoms with Crippen LogP contribution in [0.2, 0.25) is 0 Å². The van der Waals surface area contributed by atoms with Crippen LogP contribution in [0.1, 0.15) is 12.8 Å². The number of benzene rings is 1. The van der Waals surface area contributed by atoms with Crippen LogP contribution >= 0.6 is 11.8 Å². The number of hydrogen-bond acceptors (Lipinski definition) is 4. The Labute approximate surface area is 135 Å². The molecule has 1 fully saturated rings. The Hall–Kier alpha value is -1.27. The molecule has 1 atom stereocenters. The Bertz CT molecular complexity index is 484. The van der Waals surface area contributed by atoms with Crippen molar-refractivity contribution in [1.29, 1.82) is 0 Å². The SMILES string of the molecule is CSCC[C@H](O)C(=O)N1CCCN(c2ccc(F)cc2)CC1. The molecule has 0 saturated carbocycles. The van der Waals surface area contributed by atoms with Gasteiger partial charge in [-0.05, 0) is 49.1 Å². The summed E-state index contributed by atoms with van der Waals surface area (Å²) in [7, 11) is 0. The average molecular weight is 326 g/mol. The predicted molar refractivity (Wildman–Crippen MR) is 88.8 cm³/mol. The van der Waals surface area contributed by atoms with Crippen LogP contribution in [0.5, 0.6) is 0 Å². The maximum atomic E-state index is 13.0. The lowest BCUT2D eigenvalue weighted by Crippen LogP contribution is -2.41. The monoisotopic (exact) mass is 326 g/mol. The first-order chi connectivity index (χ1) is 10.6. The van der Waals surface area contributed by atoms with Crippen molar-refractivity contribution >= 4 is 23.4 Å². The van der Waals surface area contributed by atoms with Crippen molar-refractivity contribution in [3.8, 4) is 0 Å². The van der Waals surface area contributed by atoms with Gasteiger partial charge in [-0.25, -0.2) is 4.39 Å². The average Bonchev–Trinajstić information content (AvgIpc) is 2.78. The lowest BCUT2D eigenvalue weighted by Gasteiger charge is -2.25. The summed E-state index contributed by atoms with van der Waals surface area (Å²) in [5.41, 5.74) is 0.971. The van der Waals surface area contributed by atoms with Crippen LogP contribution in [0.4, 0.5) is 10.1 Å². The fourth-order valence-electron chi connectivity index (χ4n) is 2.61. The summed E-state index contributed by atoms with van der Waals surface area (Å²) in [6.07, 6.45) is 2.41. The summed E-state index contributed by atoms with van der Waals surface area (Å²) in [4.78, 5) is 16.1. The summed E-state index contributed by atoms with van der Waals surface area (Å²) in [6, 6.07) is 6.44. The molecule has 0 radical (unpaired) electrons. The second-order valence-electron chi connectivity index (χ2n) is 5.44. The van der Waals surface area contributed by atoms with Gasteiger partial charge in [0.25, 0.3) is 5.91 Å². The van der Waals surface area contributed by atoms with Crippen LogP contribution in [0, 0.1) is 5.82 Å². The van der Waals surface area contributed by atoms with E-state index in [9.17, 15) is 14.3 Å². The molecule has 0 aromatic heterocycles. The van der Waals surface area contributed by atoms with Gasteiger partial charge in [0, 0.05) is 31.9 Å². The largest absolute Gasteiger partial charge is 0.383 e. The first-order valence-corrected chi connectivity index (χ1v) is 8.97. The number of thioether (sulfide) groups is 1. The summed E-state index contributed by atoms with van der Waals surface area (Å²) in [6.45, 7) is 2.78. The highest BCUT2D eigenvalue weighted by molar-refractivity contribution is 7.98. The maximum Gasteiger partial charge on any atom is 0.251 e. The second-order valence-corrected chi connectivity index (χ2v) is 6.43. The quantitative estimate of drug-likeness (QED) is 0.899. The Kier molecular flexibility index (Phi) is 6.51. The minimum absolute atomic E-state index is 0.171. The fourth-order valence-corrected chi connectivity index (χ4v) is 3.07. The van der Waals surface area contributed by atoms with E-state index in [1.165, 1.54) is 12.1 Å². The topological polar surface area (TPSA) is 43.8 Å². The molecule has 1 N–H and O–H groups in total. The van der Waals surface area contributed by atoms with Gasteiger partial charge in [0.05, 0.1) is 0 Å². The smallest absolute Gasteiger partial charge is 0.251 e. The van der Waals surface area contributed by atoms with Crippen molar-refractivity contribution in [2.24, 2.45) is 0 Å². The number of aliphatic hydroxyl groups is 1. The van der Waals surface area contributed by atoms with Gasteiger partial charge in [0.2, 0.25) is 0 Å². The van der Waals surface area contributed by atoms with Crippen molar-refractivity contribution in [1.82, 2.24) is 4.90 Å². The Balaban J connectivity index is 1.91. The minimum Gasteiger partial charge on any atom is -0.383 e. The molecular weight excluding hydrogens is 303 g/mol. The zero-order valence-electron chi connectivity index (χ0n) is 12.9. The van der Waals surface area contributed by atoms with Gasteiger partial charge >= 0.3 is 0 Å². The highest BCUT2D eigenvalue weighted by atomic mass is 32.2. The molecule has 1 saturated heterocycles. The molecule has 0 unspecified atom stereocenters. The Morgan fingerprint density at radius 3 is 2.68 bits per heavy atom. The first kappa shape index (κ1) is 17.1. The molecule has 1 aromatic carbocycles. The van der Waals surface area contributed by atoms with Gasteiger partial charge in [0.1, 0.15) is 11.9 Å². The van der Waals surface area contributed by atoms with Gasteiger partial charge in [-0.1, -0.05) is 0 Å². The Morgan fingerprint density at radius 1 is 1.27 bits per heavy atom. The molecular formula is C16H23FN2O2S. The zero-order chi connectivity index (χ0) is 15.9. The molecule has 1 amide bonds. The molecule has 1 heterocycles. The van der Waals surface area contributed by atoms with Crippen LogP contribution in [-0.2, 0) is 4.79 Å². The number of amides is 1. The summed E-state index contributed by atoms with van der Waals surface area (Å²) in [5.74, 6) is 0.366. The van der Waals surface area contributed by atoms with E-state index in [1.54, 1.807) is 28.8 Å². The van der Waals surface area contributed by atoms with Gasteiger partial charge in [0.15, 0.2) is 0 Å². The predicted octanol–water partition coefficient (Wildman–Crippen LogP) is 1.98. The molecule has 6 heteroatoms. The lowest BCUT2D eigenvalue weighted by atomic mass is 10.2. The van der Waals surface area contributed by atoms with E-state index < -0.39 is 6.10 Å². The van der Waals surface area contributed by atoms with E-state index in [-0.39, 0.29) is 11.7 Å². The van der Waals surface area contributed by atoms with Crippen LogP contribution in [0.25, 0.3) is 0 Å². The third-order valence-corrected chi connectivity index (χ3v) is 4.52. The third-order valence-electron chi connectivity index (χ3n) is 3.88. The molecule has 1 aliphatic heterocycles. The van der Waals surface area contributed by atoms with Gasteiger partial charge in [-0.15, -0.1) is 0 Å². The normalized spacial score (nSPS) is 17.2. The number of anilines is 1. The van der Waals surface area contributed by atoms with Crippen molar-refractivity contribution in [2.45, 2.75) is 18.9 Å². The highest BCUT2D eigenvalue weighted by Gasteiger charge is 2.24. The number of rotatable bonds is 5. The summed E-state index contributed by atoms with van der Waals surface area (Å²) >= 11 is 1.63. The maximum absolute atomic E-state index is 13.0. The molecule has 122 valence electrons. The van der Waals surface area contributed by atoms with E-state index in [4.69, 9.17) is 0 Å². The second kappa shape index (κ2) is 8.39. The van der Waals surface area contributed by atoms with E-state index >= 15 is 0 Å². The van der Waals surface area contributed by atoms with Gasteiger partial charge < -0.3 is 14.9 Å². The number of carbonyl (C=O) groups is 1. The van der Waals surface area contributed by atoms with Crippen LogP contribution in [0.15, 0.2) is 24.3 Å². The molecule has 2 rings (SSSR count). The van der Waals surface area contributed by atoms with Gasteiger partial charge in [-0.2, -0.15) is 11.8 Å². The molecule has 1 aliphatic rings. The number of halogens is 1. The van der Waals surface area contributed by atoms with E-state index in [0.29, 0.717) is 26.1 Å². The number of nitrogens with zero attached hydrogens (tertiary/aromatic N) is 2. The molecule has 0 bridgehead atoms. The van der Waals surface area contributed by atoms with E-state index in [1.807, 2.05) is 6.26 Å². The summed E-state index contributed by atoms with van der Waals surface area (Å²) in [5, 5.41) is 9.95. The zero-order valence-corrected chi connectivity index (χ0v) is 13.7. The van der Waals surface area contributed by atoms with E-state index in [0.717, 1.165) is 24.4 Å². The van der Waals surface area contributed by atoms with Crippen molar-refractivity contribution in [3.63, 3.8) is 0 Å². The van der Waals surface area contributed by atoms with Crippen molar-refractivity contribution in [3.05, 3.63) is 30.1 Å².